The predicted molar refractivity (Wildman–Crippen MR) is 419 cm³/mol. The minimum absolute atomic E-state index is 0.0217. The minimum atomic E-state index is -2.16. The highest BCUT2D eigenvalue weighted by Gasteiger charge is 2.68. The summed E-state index contributed by atoms with van der Waals surface area (Å²) in [5.74, 6) is 5.47. The maximum absolute atomic E-state index is 14.6. The molecule has 1 amide bonds. The van der Waals surface area contributed by atoms with Crippen molar-refractivity contribution < 1.29 is 40.5 Å². The van der Waals surface area contributed by atoms with Crippen LogP contribution in [-0.4, -0.2) is 135 Å². The van der Waals surface area contributed by atoms with Crippen LogP contribution in [0.2, 0.25) is 0 Å². The quantitative estimate of drug-likeness (QED) is 0.0617. The molecule has 580 valence electrons. The lowest BCUT2D eigenvalue weighted by atomic mass is 9.66. The van der Waals surface area contributed by atoms with Gasteiger partial charge >= 0.3 is 0 Å². The lowest BCUT2D eigenvalue weighted by Gasteiger charge is -2.39. The molecular weight excluding hydrogens is 1480 g/mol. The number of piperazine rings is 1. The van der Waals surface area contributed by atoms with Crippen LogP contribution in [0, 0.1) is 63.5 Å². The van der Waals surface area contributed by atoms with Gasteiger partial charge in [0.05, 0.1) is 102 Å². The number of amides is 1. The van der Waals surface area contributed by atoms with Crippen molar-refractivity contribution in [2.45, 2.75) is 139 Å². The third-order valence-electron chi connectivity index (χ3n) is 26.4. The van der Waals surface area contributed by atoms with Gasteiger partial charge in [-0.25, -0.2) is 66.2 Å². The smallest absolute Gasteiger partial charge is 0.242 e. The highest BCUT2D eigenvalue weighted by atomic mass is 32.2. The van der Waals surface area contributed by atoms with Crippen molar-refractivity contribution in [3.63, 3.8) is 0 Å². The number of benzene rings is 3. The number of fused-ring (bicyclic) bond motifs is 15. The van der Waals surface area contributed by atoms with Gasteiger partial charge in [0.15, 0.2) is 17.5 Å². The first kappa shape index (κ1) is 75.3. The molecular formula is C87H81F6N17O3S. The van der Waals surface area contributed by atoms with E-state index in [1.54, 1.807) is 66.4 Å². The molecule has 8 aliphatic rings. The molecule has 3 N–H and O–H groups in total. The number of hydrogen-bond donors (Lipinski definition) is 2. The summed E-state index contributed by atoms with van der Waals surface area (Å²) in [6, 6.07) is 28.3. The van der Waals surface area contributed by atoms with Crippen molar-refractivity contribution in [2.75, 3.05) is 48.8 Å². The highest BCUT2D eigenvalue weighted by molar-refractivity contribution is 7.99. The van der Waals surface area contributed by atoms with Crippen molar-refractivity contribution in [1.82, 2.24) is 75.4 Å². The van der Waals surface area contributed by atoms with Gasteiger partial charge in [-0.2, -0.15) is 15.3 Å². The maximum Gasteiger partial charge on any atom is 0.242 e. The molecule has 3 aromatic carbocycles. The molecule has 7 aliphatic carbocycles. The molecule has 1 unspecified atom stereocenters. The number of carbonyl (C=O) groups is 1. The Hall–Kier alpha value is -11.4. The van der Waals surface area contributed by atoms with Crippen LogP contribution in [0.25, 0.3) is 56.5 Å². The topological polar surface area (TPSA) is 267 Å². The van der Waals surface area contributed by atoms with E-state index >= 15 is 0 Å². The Labute approximate surface area is 655 Å². The fourth-order valence-corrected chi connectivity index (χ4v) is 20.8. The molecule has 27 heteroatoms. The van der Waals surface area contributed by atoms with Crippen LogP contribution in [0.15, 0.2) is 140 Å². The van der Waals surface area contributed by atoms with Gasteiger partial charge in [-0.15, -0.1) is 21.7 Å². The van der Waals surface area contributed by atoms with Crippen molar-refractivity contribution >= 4 is 32.9 Å². The normalized spacial score (nSPS) is 23.4. The number of terminal acetylenes is 1. The zero-order valence-electron chi connectivity index (χ0n) is 63.9. The number of pyridine rings is 2. The van der Waals surface area contributed by atoms with E-state index in [4.69, 9.17) is 27.1 Å². The number of anilines is 2. The van der Waals surface area contributed by atoms with Crippen LogP contribution in [0.1, 0.15) is 179 Å². The van der Waals surface area contributed by atoms with Gasteiger partial charge in [-0.3, -0.25) is 9.00 Å². The first-order valence-corrected chi connectivity index (χ1v) is 40.5. The Morgan fingerprint density at radius 3 is 1.36 bits per heavy atom. The number of hydrogen-bond acceptors (Lipinski definition) is 19. The van der Waals surface area contributed by atoms with E-state index in [2.05, 4.69) is 109 Å². The van der Waals surface area contributed by atoms with E-state index in [1.807, 2.05) is 35.2 Å². The monoisotopic (exact) mass is 1560 g/mol. The zero-order chi connectivity index (χ0) is 80.0. The average Bonchev–Trinajstić information content (AvgIpc) is 1.53. The molecule has 5 fully saturated rings. The fraction of sp³-hybridized carbons (Fsp3) is 0.356. The van der Waals surface area contributed by atoms with E-state index in [1.165, 1.54) is 54.6 Å². The second-order valence-corrected chi connectivity index (χ2v) is 35.9. The maximum atomic E-state index is 14.6. The van der Waals surface area contributed by atoms with Crippen LogP contribution < -0.4 is 10.6 Å². The van der Waals surface area contributed by atoms with Crippen LogP contribution in [0.3, 0.4) is 0 Å². The summed E-state index contributed by atoms with van der Waals surface area (Å²) in [4.78, 5) is 53.6. The molecule has 0 spiro atoms. The molecule has 20 nitrogen and oxygen atoms in total. The molecule has 19 rings (SSSR count). The van der Waals surface area contributed by atoms with Crippen LogP contribution in [0.5, 0.6) is 0 Å². The molecule has 114 heavy (non-hydrogen) atoms. The van der Waals surface area contributed by atoms with E-state index in [9.17, 15) is 40.5 Å². The number of aromatic nitrogens is 14. The standard InChI is InChI=1S/C30H33F2N5O2S.C29H26F2N6O.C28H22F2N6/c1-29(2)20-11-12-30(29,28-19(20)17-23(34-35-28)27-21(31)7-5-8-22(27)32)24-9-6-10-25(33-24)37-14-13-36(26(38)18-37)15-16-40(3,4)39;1-27(2)18-7-11-29(27,24-17(18)13-21(36-37-24)23-19(30)5-3-6-20(23)31)22-8-12-32-25(35-22)16-14-33-26(34-15-16)28(38)9-4-10-28;1-4-15-12-16(14-33-25(15)31)26-32-11-9-22(34-26)28-10-8-18(27(28,2)3)17-13-21(35-36-24(17)28)23-19(29)6-5-7-20(23)30/h5-10,17,20H,3,11-16,18H2,1-2,4H3;3,5-6,8,12-15,18,38H,4,7,9-11H2,1-2H3;1,5-7,9,11-14,18H,8,10H2,2-3H3,(H2,31,33)/t20-,30-,40?;18-,29-;18-,28-/m000/s1. The summed E-state index contributed by atoms with van der Waals surface area (Å²) in [5.41, 5.74) is 12.4. The molecule has 4 saturated carbocycles. The summed E-state index contributed by atoms with van der Waals surface area (Å²) in [5, 5.41) is 37.3. The molecule has 0 radical (unpaired) electrons. The van der Waals surface area contributed by atoms with Gasteiger partial charge in [-0.05, 0) is 209 Å². The first-order chi connectivity index (χ1) is 54.4. The molecule has 8 aromatic heterocycles. The van der Waals surface area contributed by atoms with Gasteiger partial charge in [0.25, 0.3) is 0 Å². The molecule has 1 saturated heterocycles. The van der Waals surface area contributed by atoms with E-state index < -0.39 is 66.3 Å². The van der Waals surface area contributed by atoms with Crippen molar-refractivity contribution in [2.24, 2.45) is 16.2 Å². The van der Waals surface area contributed by atoms with Crippen molar-refractivity contribution in [1.29, 1.82) is 0 Å². The van der Waals surface area contributed by atoms with Crippen LogP contribution in [0.4, 0.5) is 38.0 Å². The number of nitrogens with two attached hydrogens (primary N) is 1. The van der Waals surface area contributed by atoms with Crippen LogP contribution >= 0.6 is 0 Å². The number of rotatable bonds is 13. The second-order valence-electron chi connectivity index (χ2n) is 33.1. The number of halogens is 6. The lowest BCUT2D eigenvalue weighted by Crippen LogP contribution is -2.51. The zero-order valence-corrected chi connectivity index (χ0v) is 64.7. The van der Waals surface area contributed by atoms with Crippen molar-refractivity contribution in [3.05, 3.63) is 237 Å². The summed E-state index contributed by atoms with van der Waals surface area (Å²) < 4.78 is 99.2. The number of aliphatic hydroxyl groups is 1. The molecule has 9 heterocycles. The van der Waals surface area contributed by atoms with Crippen LogP contribution in [-0.2, 0) is 36.2 Å². The Balaban J connectivity index is 0.000000124. The predicted octanol–water partition coefficient (Wildman–Crippen LogP) is 14.3. The largest absolute Gasteiger partial charge is 0.383 e. The van der Waals surface area contributed by atoms with E-state index in [0.29, 0.717) is 72.4 Å². The summed E-state index contributed by atoms with van der Waals surface area (Å²) >= 11 is 0. The van der Waals surface area contributed by atoms with Gasteiger partial charge in [0, 0.05) is 68.2 Å². The molecule has 11 aromatic rings. The average molecular weight is 1560 g/mol. The number of nitrogens with zero attached hydrogens (tertiary/aromatic N) is 16. The Morgan fingerprint density at radius 1 is 0.544 bits per heavy atom. The first-order valence-electron chi connectivity index (χ1n) is 38.2. The third-order valence-corrected chi connectivity index (χ3v) is 27.5. The number of carbonyl (C=O) groups excluding carboxylic acids is 1. The number of nitrogen functional groups attached to an aromatic ring is 1. The third kappa shape index (κ3) is 11.7. The Kier molecular flexibility index (Phi) is 18.1. The van der Waals surface area contributed by atoms with Gasteiger partial charge in [0.2, 0.25) is 5.91 Å². The Bertz CT molecular complexity index is 5880. The SMILES string of the molecule is C#Cc1cc(-c2nccc([C@@]34CC[C@@H](c5cc(-c6c(F)cccc6F)nnc53)C4(C)C)n2)cnc1N.C=S(C)(=O)CCN1CCN(c2cccc([C@@]34CC[C@@H](c5cc(-c6c(F)cccc6F)nnc53)C4(C)C)n2)CC1=O.CC1(C)[C@H]2CC[C@]1(c1ccnc(-c3cnc(C4(O)CCC4)nc3)n1)c1nnc(-c3c(F)cccc3F)cc12. The second kappa shape index (κ2) is 27.4. The summed E-state index contributed by atoms with van der Waals surface area (Å²) in [6.45, 7) is 15.0. The van der Waals surface area contributed by atoms with E-state index in [-0.39, 0.29) is 86.0 Å². The minimum Gasteiger partial charge on any atom is -0.383 e. The summed E-state index contributed by atoms with van der Waals surface area (Å²) in [6.07, 6.45) is 23.1. The van der Waals surface area contributed by atoms with Gasteiger partial charge < -0.3 is 20.6 Å². The molecule has 6 bridgehead atoms. The Morgan fingerprint density at radius 2 is 0.956 bits per heavy atom. The lowest BCUT2D eigenvalue weighted by molar-refractivity contribution is -0.130. The van der Waals surface area contributed by atoms with Crippen molar-refractivity contribution in [3.8, 4) is 68.9 Å². The van der Waals surface area contributed by atoms with E-state index in [0.717, 1.165) is 102 Å². The van der Waals surface area contributed by atoms with Gasteiger partial charge in [0.1, 0.15) is 52.1 Å². The fourth-order valence-electron chi connectivity index (χ4n) is 20.2. The molecule has 1 aliphatic heterocycles. The molecule has 7 atom stereocenters. The highest BCUT2D eigenvalue weighted by Crippen LogP contribution is 2.72. The van der Waals surface area contributed by atoms with Gasteiger partial charge in [-0.1, -0.05) is 71.7 Å². The summed E-state index contributed by atoms with van der Waals surface area (Å²) in [7, 11) is -2.16.